The second kappa shape index (κ2) is 7.65. The van der Waals surface area contributed by atoms with Gasteiger partial charge in [-0.3, -0.25) is 4.79 Å². The van der Waals surface area contributed by atoms with Gasteiger partial charge in [-0.05, 0) is 18.2 Å². The number of hydrogen-bond donors (Lipinski definition) is 1. The molecule has 22 heavy (non-hydrogen) atoms. The summed E-state index contributed by atoms with van der Waals surface area (Å²) < 4.78 is 15.3. The molecule has 1 aromatic rings. The number of carbonyl (C=O) groups is 1. The second-order valence-corrected chi connectivity index (χ2v) is 4.69. The van der Waals surface area contributed by atoms with E-state index in [1.807, 2.05) is 12.1 Å². The Kier molecular flexibility index (Phi) is 5.60. The molecule has 7 nitrogen and oxygen atoms in total. The number of nitrogens with one attached hydrogen (secondary N) is 1. The zero-order chi connectivity index (χ0) is 15.9. The highest BCUT2D eigenvalue weighted by atomic mass is 16.6. The van der Waals surface area contributed by atoms with Crippen molar-refractivity contribution in [1.82, 2.24) is 5.32 Å². The van der Waals surface area contributed by atoms with Crippen molar-refractivity contribution in [2.75, 3.05) is 34.5 Å². The lowest BCUT2D eigenvalue weighted by molar-refractivity contribution is -0.131. The number of methoxy groups -OCH3 is 3. The fourth-order valence-corrected chi connectivity index (χ4v) is 2.09. The van der Waals surface area contributed by atoms with E-state index in [2.05, 4.69) is 10.5 Å². The van der Waals surface area contributed by atoms with Gasteiger partial charge in [0.1, 0.15) is 0 Å². The number of carbonyl (C=O) groups excluding carboxylic acids is 1. The Morgan fingerprint density at radius 2 is 2.09 bits per heavy atom. The van der Waals surface area contributed by atoms with Gasteiger partial charge in [0.25, 0.3) is 5.91 Å². The summed E-state index contributed by atoms with van der Waals surface area (Å²) >= 11 is 0. The average molecular weight is 308 g/mol. The van der Waals surface area contributed by atoms with E-state index < -0.39 is 6.10 Å². The third kappa shape index (κ3) is 3.67. The molecule has 0 saturated heterocycles. The van der Waals surface area contributed by atoms with Crippen LogP contribution in [0.1, 0.15) is 12.0 Å². The van der Waals surface area contributed by atoms with Gasteiger partial charge >= 0.3 is 0 Å². The number of hydrogen-bond acceptors (Lipinski definition) is 6. The normalized spacial score (nSPS) is 16.7. The molecule has 2 rings (SSSR count). The van der Waals surface area contributed by atoms with E-state index in [-0.39, 0.29) is 5.91 Å². The molecule has 1 unspecified atom stereocenters. The minimum atomic E-state index is -0.611. The first-order valence-electron chi connectivity index (χ1n) is 6.91. The molecule has 0 saturated carbocycles. The summed E-state index contributed by atoms with van der Waals surface area (Å²) in [5, 5.41) is 6.73. The summed E-state index contributed by atoms with van der Waals surface area (Å²) in [6, 6.07) is 5.46. The van der Waals surface area contributed by atoms with Crippen LogP contribution >= 0.6 is 0 Å². The Morgan fingerprint density at radius 3 is 2.77 bits per heavy atom. The Balaban J connectivity index is 1.99. The minimum Gasteiger partial charge on any atom is -0.493 e. The summed E-state index contributed by atoms with van der Waals surface area (Å²) in [6.45, 7) is 0.905. The van der Waals surface area contributed by atoms with E-state index in [4.69, 9.17) is 19.0 Å². The van der Waals surface area contributed by atoms with Crippen LogP contribution in [0.15, 0.2) is 23.4 Å². The predicted molar refractivity (Wildman–Crippen MR) is 80.5 cm³/mol. The molecule has 1 N–H and O–H groups in total. The summed E-state index contributed by atoms with van der Waals surface area (Å²) in [7, 11) is 4.73. The first kappa shape index (κ1) is 16.1. The lowest BCUT2D eigenvalue weighted by atomic mass is 10.0. The van der Waals surface area contributed by atoms with E-state index in [1.54, 1.807) is 27.4 Å². The molecule has 120 valence electrons. The van der Waals surface area contributed by atoms with Crippen LogP contribution in [0, 0.1) is 0 Å². The van der Waals surface area contributed by atoms with E-state index >= 15 is 0 Å². The van der Waals surface area contributed by atoms with Crippen molar-refractivity contribution in [3.63, 3.8) is 0 Å². The highest BCUT2D eigenvalue weighted by Crippen LogP contribution is 2.29. The molecular weight excluding hydrogens is 288 g/mol. The van der Waals surface area contributed by atoms with Crippen molar-refractivity contribution in [2.45, 2.75) is 12.5 Å². The molecule has 0 aromatic heterocycles. The molecule has 1 aliphatic rings. The molecule has 0 fully saturated rings. The van der Waals surface area contributed by atoms with Crippen molar-refractivity contribution < 1.29 is 23.8 Å². The van der Waals surface area contributed by atoms with E-state index in [0.717, 1.165) is 5.56 Å². The maximum Gasteiger partial charge on any atom is 0.264 e. The smallest absolute Gasteiger partial charge is 0.264 e. The highest BCUT2D eigenvalue weighted by Gasteiger charge is 2.29. The van der Waals surface area contributed by atoms with Gasteiger partial charge in [0.15, 0.2) is 11.5 Å². The van der Waals surface area contributed by atoms with Gasteiger partial charge in [-0.25, -0.2) is 0 Å². The van der Waals surface area contributed by atoms with E-state index in [1.165, 1.54) is 0 Å². The SMILES string of the molecule is COCCNC(=O)C1CC(c2ccc(OC)c(OC)c2)=NO1. The first-order chi connectivity index (χ1) is 10.7. The van der Waals surface area contributed by atoms with Crippen molar-refractivity contribution in [3.8, 4) is 11.5 Å². The monoisotopic (exact) mass is 308 g/mol. The van der Waals surface area contributed by atoms with Crippen LogP contribution < -0.4 is 14.8 Å². The maximum absolute atomic E-state index is 11.9. The van der Waals surface area contributed by atoms with E-state index in [9.17, 15) is 4.79 Å². The molecule has 0 radical (unpaired) electrons. The molecule has 0 spiro atoms. The van der Waals surface area contributed by atoms with Crippen LogP contribution in [0.3, 0.4) is 0 Å². The summed E-state index contributed by atoms with van der Waals surface area (Å²) in [4.78, 5) is 17.1. The van der Waals surface area contributed by atoms with E-state index in [0.29, 0.717) is 36.8 Å². The third-order valence-electron chi connectivity index (χ3n) is 3.28. The Labute approximate surface area is 129 Å². The number of nitrogens with zero attached hydrogens (tertiary/aromatic N) is 1. The highest BCUT2D eigenvalue weighted by molar-refractivity contribution is 6.04. The Hall–Kier alpha value is -2.28. The van der Waals surface area contributed by atoms with Gasteiger partial charge in [0.2, 0.25) is 6.10 Å². The van der Waals surface area contributed by atoms with Crippen molar-refractivity contribution in [2.24, 2.45) is 5.16 Å². The fraction of sp³-hybridized carbons (Fsp3) is 0.467. The summed E-state index contributed by atoms with van der Waals surface area (Å²) in [5.74, 6) is 1.05. The summed E-state index contributed by atoms with van der Waals surface area (Å²) in [6.07, 6.45) is -0.200. The van der Waals surface area contributed by atoms with Crippen LogP contribution in [-0.2, 0) is 14.4 Å². The quantitative estimate of drug-likeness (QED) is 0.759. The van der Waals surface area contributed by atoms with Gasteiger partial charge in [0.05, 0.1) is 26.5 Å². The van der Waals surface area contributed by atoms with Gasteiger partial charge in [0, 0.05) is 25.6 Å². The number of oxime groups is 1. The van der Waals surface area contributed by atoms with Crippen molar-refractivity contribution in [3.05, 3.63) is 23.8 Å². The van der Waals surface area contributed by atoms with Gasteiger partial charge in [-0.1, -0.05) is 5.16 Å². The van der Waals surface area contributed by atoms with Crippen LogP contribution in [0.2, 0.25) is 0 Å². The number of benzene rings is 1. The minimum absolute atomic E-state index is 0.198. The zero-order valence-electron chi connectivity index (χ0n) is 12.9. The second-order valence-electron chi connectivity index (χ2n) is 4.69. The molecular formula is C15H20N2O5. The van der Waals surface area contributed by atoms with Crippen LogP contribution in [0.5, 0.6) is 11.5 Å². The topological polar surface area (TPSA) is 78.4 Å². The Morgan fingerprint density at radius 1 is 1.32 bits per heavy atom. The van der Waals surface area contributed by atoms with Crippen molar-refractivity contribution in [1.29, 1.82) is 0 Å². The van der Waals surface area contributed by atoms with Gasteiger partial charge in [-0.15, -0.1) is 0 Å². The third-order valence-corrected chi connectivity index (χ3v) is 3.28. The lowest BCUT2D eigenvalue weighted by Gasteiger charge is -2.10. The van der Waals surface area contributed by atoms with Crippen LogP contribution in [0.25, 0.3) is 0 Å². The van der Waals surface area contributed by atoms with Gasteiger partial charge in [-0.2, -0.15) is 0 Å². The molecule has 1 atom stereocenters. The number of amides is 1. The molecule has 7 heteroatoms. The Bertz CT molecular complexity index is 559. The maximum atomic E-state index is 11.9. The molecule has 1 aliphatic heterocycles. The predicted octanol–water partition coefficient (Wildman–Crippen LogP) is 0.959. The zero-order valence-corrected chi connectivity index (χ0v) is 12.9. The molecule has 0 aliphatic carbocycles. The standard InChI is InChI=1S/C15H20N2O5/c1-19-7-6-16-15(18)14-9-11(17-22-14)10-4-5-12(20-2)13(8-10)21-3/h4-5,8,14H,6-7,9H2,1-3H3,(H,16,18). The summed E-state index contributed by atoms with van der Waals surface area (Å²) in [5.41, 5.74) is 1.54. The van der Waals surface area contributed by atoms with Crippen LogP contribution in [-0.4, -0.2) is 52.2 Å². The molecule has 1 heterocycles. The number of rotatable bonds is 7. The van der Waals surface area contributed by atoms with Crippen LogP contribution in [0.4, 0.5) is 0 Å². The molecule has 1 amide bonds. The van der Waals surface area contributed by atoms with Gasteiger partial charge < -0.3 is 24.4 Å². The van der Waals surface area contributed by atoms with Crippen molar-refractivity contribution >= 4 is 11.6 Å². The molecule has 0 bridgehead atoms. The fourth-order valence-electron chi connectivity index (χ4n) is 2.09. The number of ether oxygens (including phenoxy) is 3. The molecule has 1 aromatic carbocycles. The largest absolute Gasteiger partial charge is 0.493 e. The average Bonchev–Trinajstić information content (AvgIpc) is 3.04. The first-order valence-corrected chi connectivity index (χ1v) is 6.91. The lowest BCUT2D eigenvalue weighted by Crippen LogP contribution is -2.36.